The summed E-state index contributed by atoms with van der Waals surface area (Å²) in [7, 11) is -1.45. The normalized spacial score (nSPS) is 21.1. The number of benzene rings is 1. The van der Waals surface area contributed by atoms with Gasteiger partial charge in [-0.2, -0.15) is 23.8 Å². The Kier molecular flexibility index (Phi) is 5.95. The van der Waals surface area contributed by atoms with Crippen molar-refractivity contribution in [3.8, 4) is 11.6 Å². The molecular formula is C21H20F3N3O5S. The number of aliphatic hydroxyl groups excluding tert-OH is 1. The van der Waals surface area contributed by atoms with Gasteiger partial charge in [0, 0.05) is 24.7 Å². The maximum atomic E-state index is 12.8. The first-order chi connectivity index (χ1) is 15.4. The molecule has 1 aromatic carbocycles. The van der Waals surface area contributed by atoms with Crippen molar-refractivity contribution in [2.24, 2.45) is 0 Å². The van der Waals surface area contributed by atoms with Gasteiger partial charge in [0.2, 0.25) is 5.88 Å². The highest BCUT2D eigenvalue weighted by molar-refractivity contribution is 8.24. The lowest BCUT2D eigenvalue weighted by atomic mass is 10.1. The number of halogens is 3. The first kappa shape index (κ1) is 23.2. The molecule has 3 aromatic rings. The number of aliphatic hydroxyl groups is 1. The number of carbonyl (C=O) groups is 1. The first-order valence-electron chi connectivity index (χ1n) is 9.74. The summed E-state index contributed by atoms with van der Waals surface area (Å²) in [4.78, 5) is 22.1. The lowest BCUT2D eigenvalue weighted by Gasteiger charge is -2.28. The van der Waals surface area contributed by atoms with Gasteiger partial charge in [0.15, 0.2) is 0 Å². The number of likely N-dealkylation sites (N-methyl/N-ethyl adjacent to an activating group) is 1. The van der Waals surface area contributed by atoms with Crippen molar-refractivity contribution in [3.63, 3.8) is 0 Å². The second-order valence-corrected chi connectivity index (χ2v) is 9.99. The summed E-state index contributed by atoms with van der Waals surface area (Å²) >= 11 is 0. The van der Waals surface area contributed by atoms with Gasteiger partial charge in [0.25, 0.3) is 5.91 Å². The van der Waals surface area contributed by atoms with Gasteiger partial charge < -0.3 is 14.7 Å². The molecule has 0 bridgehead atoms. The topological polar surface area (TPSA) is 116 Å². The Bertz CT molecular complexity index is 1190. The Morgan fingerprint density at radius 3 is 2.52 bits per heavy atom. The van der Waals surface area contributed by atoms with Crippen molar-refractivity contribution >= 4 is 27.4 Å². The number of amides is 1. The van der Waals surface area contributed by atoms with Crippen molar-refractivity contribution in [2.75, 3.05) is 18.6 Å². The molecule has 1 aliphatic heterocycles. The molecule has 2 unspecified atom stereocenters. The molecule has 2 atom stereocenters. The highest BCUT2D eigenvalue weighted by Crippen LogP contribution is 2.47. The van der Waals surface area contributed by atoms with Crippen LogP contribution in [0.3, 0.4) is 0 Å². The predicted molar refractivity (Wildman–Crippen MR) is 116 cm³/mol. The lowest BCUT2D eigenvalue weighted by molar-refractivity contribution is -0.137. The molecule has 1 fully saturated rings. The highest BCUT2D eigenvalue weighted by Gasteiger charge is 2.40. The van der Waals surface area contributed by atoms with Crippen molar-refractivity contribution in [3.05, 3.63) is 59.9 Å². The molecule has 12 heteroatoms. The summed E-state index contributed by atoms with van der Waals surface area (Å²) < 4.78 is 63.1. The van der Waals surface area contributed by atoms with E-state index in [1.54, 1.807) is 24.3 Å². The third-order valence-electron chi connectivity index (χ3n) is 5.30. The zero-order valence-electron chi connectivity index (χ0n) is 17.2. The maximum absolute atomic E-state index is 12.8. The molecule has 4 rings (SSSR count). The largest absolute Gasteiger partial charge is 0.439 e. The monoisotopic (exact) mass is 483 g/mol. The van der Waals surface area contributed by atoms with Crippen molar-refractivity contribution in [1.82, 2.24) is 14.9 Å². The Labute approximate surface area is 188 Å². The number of ether oxygens (including phenoxy) is 1. The van der Waals surface area contributed by atoms with Gasteiger partial charge in [0.05, 0.1) is 34.7 Å². The molecule has 2 aromatic heterocycles. The fourth-order valence-electron chi connectivity index (χ4n) is 3.55. The van der Waals surface area contributed by atoms with E-state index in [2.05, 4.69) is 9.97 Å². The number of rotatable bonds is 4. The Morgan fingerprint density at radius 2 is 1.91 bits per heavy atom. The van der Waals surface area contributed by atoms with E-state index in [0.29, 0.717) is 22.8 Å². The van der Waals surface area contributed by atoms with Gasteiger partial charge in [-0.3, -0.25) is 13.9 Å². The van der Waals surface area contributed by atoms with Crippen LogP contribution in [-0.4, -0.2) is 65.7 Å². The summed E-state index contributed by atoms with van der Waals surface area (Å²) in [6.45, 7) is 0. The zero-order valence-corrected chi connectivity index (χ0v) is 18.0. The van der Waals surface area contributed by atoms with Gasteiger partial charge >= 0.3 is 6.18 Å². The van der Waals surface area contributed by atoms with Crippen LogP contribution in [0.2, 0.25) is 0 Å². The van der Waals surface area contributed by atoms with Gasteiger partial charge in [-0.05, 0) is 30.3 Å². The molecule has 8 nitrogen and oxygen atoms in total. The SMILES string of the molecule is CN(C(=O)c1ccc2cc(Oc3ccc(C(F)(F)F)cn3)ccc2n1)C1CS(O)(O)CC1O. The van der Waals surface area contributed by atoms with Crippen LogP contribution in [0.4, 0.5) is 13.2 Å². The van der Waals surface area contributed by atoms with Crippen LogP contribution in [0.25, 0.3) is 10.9 Å². The van der Waals surface area contributed by atoms with E-state index < -0.39 is 40.4 Å². The van der Waals surface area contributed by atoms with E-state index in [1.807, 2.05) is 0 Å². The van der Waals surface area contributed by atoms with Crippen LogP contribution >= 0.6 is 10.6 Å². The smallest absolute Gasteiger partial charge is 0.417 e. The molecule has 0 spiro atoms. The van der Waals surface area contributed by atoms with Crippen molar-refractivity contribution in [1.29, 1.82) is 0 Å². The standard InChI is InChI=1S/C21H20F3N3O5S/c1-27(17-10-33(30,31)11-18(17)28)20(29)16-5-2-12-8-14(4-6-15(12)26-16)32-19-7-3-13(9-25-19)21(22,23)24/h2-9,17-18,28,30-31H,10-11H2,1H3. The van der Waals surface area contributed by atoms with Crippen LogP contribution in [0.5, 0.6) is 11.6 Å². The Hall–Kier alpha value is -2.93. The first-order valence-corrected chi connectivity index (χ1v) is 11.6. The van der Waals surface area contributed by atoms with E-state index in [4.69, 9.17) is 4.74 Å². The molecule has 1 amide bonds. The van der Waals surface area contributed by atoms with Crippen molar-refractivity contribution in [2.45, 2.75) is 18.3 Å². The summed E-state index contributed by atoms with van der Waals surface area (Å²) in [5, 5.41) is 10.7. The van der Waals surface area contributed by atoms with Crippen LogP contribution < -0.4 is 4.74 Å². The number of carbonyl (C=O) groups excluding carboxylic acids is 1. The quantitative estimate of drug-likeness (QED) is 0.514. The zero-order chi connectivity index (χ0) is 24.0. The molecule has 33 heavy (non-hydrogen) atoms. The third-order valence-corrected chi connectivity index (χ3v) is 7.05. The van der Waals surface area contributed by atoms with E-state index >= 15 is 0 Å². The van der Waals surface area contributed by atoms with E-state index in [0.717, 1.165) is 12.1 Å². The van der Waals surface area contributed by atoms with Crippen LogP contribution in [0.1, 0.15) is 16.1 Å². The minimum atomic E-state index is -4.49. The van der Waals surface area contributed by atoms with Gasteiger partial charge in [0.1, 0.15) is 11.4 Å². The molecule has 0 saturated carbocycles. The van der Waals surface area contributed by atoms with E-state index in [9.17, 15) is 32.2 Å². The van der Waals surface area contributed by atoms with E-state index in [1.165, 1.54) is 18.0 Å². The molecule has 0 aliphatic carbocycles. The second-order valence-electron chi connectivity index (χ2n) is 7.72. The van der Waals surface area contributed by atoms with Gasteiger partial charge in [-0.25, -0.2) is 9.97 Å². The van der Waals surface area contributed by atoms with Gasteiger partial charge in [-0.1, -0.05) is 6.07 Å². The van der Waals surface area contributed by atoms with Crippen LogP contribution in [-0.2, 0) is 6.18 Å². The van der Waals surface area contributed by atoms with Gasteiger partial charge in [-0.15, -0.1) is 0 Å². The molecule has 3 N–H and O–H groups in total. The highest BCUT2D eigenvalue weighted by atomic mass is 32.3. The third kappa shape index (κ3) is 5.03. The number of alkyl halides is 3. The van der Waals surface area contributed by atoms with E-state index in [-0.39, 0.29) is 23.1 Å². The molecule has 0 radical (unpaired) electrons. The summed E-state index contributed by atoms with van der Waals surface area (Å²) in [6.07, 6.45) is -4.84. The molecule has 1 aliphatic rings. The summed E-state index contributed by atoms with van der Waals surface area (Å²) in [5.41, 5.74) is -0.299. The van der Waals surface area contributed by atoms with Crippen LogP contribution in [0, 0.1) is 0 Å². The summed E-state index contributed by atoms with van der Waals surface area (Å²) in [6, 6.07) is 9.13. The van der Waals surface area contributed by atoms with Crippen molar-refractivity contribution < 1.29 is 36.9 Å². The fourth-order valence-corrected chi connectivity index (χ4v) is 5.45. The average molecular weight is 483 g/mol. The number of nitrogens with zero attached hydrogens (tertiary/aromatic N) is 3. The Balaban J connectivity index is 1.50. The number of hydrogen-bond acceptors (Lipinski definition) is 7. The minimum absolute atomic E-state index is 0.00942. The number of hydrogen-bond donors (Lipinski definition) is 3. The molecular weight excluding hydrogens is 463 g/mol. The summed E-state index contributed by atoms with van der Waals surface area (Å²) in [5.74, 6) is -0.427. The Morgan fingerprint density at radius 1 is 1.15 bits per heavy atom. The maximum Gasteiger partial charge on any atom is 0.417 e. The molecule has 3 heterocycles. The number of fused-ring (bicyclic) bond motifs is 1. The lowest BCUT2D eigenvalue weighted by Crippen LogP contribution is -2.44. The predicted octanol–water partition coefficient (Wildman–Crippen LogP) is 4.01. The molecule has 176 valence electrons. The van der Waals surface area contributed by atoms with Crippen LogP contribution in [0.15, 0.2) is 48.7 Å². The molecule has 1 saturated heterocycles. The second kappa shape index (κ2) is 8.45. The average Bonchev–Trinajstić information content (AvgIpc) is 3.04. The number of aromatic nitrogens is 2. The number of pyridine rings is 2. The fraction of sp³-hybridized carbons (Fsp3) is 0.286. The minimum Gasteiger partial charge on any atom is -0.439 e.